The van der Waals surface area contributed by atoms with Gasteiger partial charge in [-0.15, -0.1) is 0 Å². The summed E-state index contributed by atoms with van der Waals surface area (Å²) in [7, 11) is 0. The van der Waals surface area contributed by atoms with Crippen molar-refractivity contribution in [1.29, 1.82) is 0 Å². The third-order valence-corrected chi connectivity index (χ3v) is 4.34. The van der Waals surface area contributed by atoms with Gasteiger partial charge in [-0.1, -0.05) is 32.0 Å². The predicted octanol–water partition coefficient (Wildman–Crippen LogP) is 4.28. The maximum absolute atomic E-state index is 9.69. The first-order valence-corrected chi connectivity index (χ1v) is 7.76. The zero-order valence-electron chi connectivity index (χ0n) is 13.2. The second-order valence-corrected chi connectivity index (χ2v) is 5.88. The number of rotatable bonds is 6. The fourth-order valence-electron chi connectivity index (χ4n) is 2.89. The van der Waals surface area contributed by atoms with Gasteiger partial charge in [-0.25, -0.2) is 0 Å². The largest absolute Gasteiger partial charge is 0.508 e. The summed E-state index contributed by atoms with van der Waals surface area (Å²) in [5.74, 6) is 1.17. The Kier molecular flexibility index (Phi) is 5.45. The summed E-state index contributed by atoms with van der Waals surface area (Å²) in [6, 6.07) is 12.9. The van der Waals surface area contributed by atoms with Crippen LogP contribution in [0, 0.1) is 0 Å². The highest BCUT2D eigenvalue weighted by Gasteiger charge is 2.16. The van der Waals surface area contributed by atoms with E-state index in [9.17, 15) is 15.3 Å². The van der Waals surface area contributed by atoms with Crippen molar-refractivity contribution in [2.75, 3.05) is 0 Å². The zero-order chi connectivity index (χ0) is 16.1. The highest BCUT2D eigenvalue weighted by molar-refractivity contribution is 5.37. The van der Waals surface area contributed by atoms with E-state index in [4.69, 9.17) is 0 Å². The first-order chi connectivity index (χ1) is 10.5. The number of hydrogen-bond acceptors (Lipinski definition) is 3. The summed E-state index contributed by atoms with van der Waals surface area (Å²) in [5, 5.41) is 28.4. The number of phenols is 2. The lowest BCUT2D eigenvalue weighted by Gasteiger charge is -2.21. The van der Waals surface area contributed by atoms with Gasteiger partial charge in [-0.05, 0) is 60.1 Å². The van der Waals surface area contributed by atoms with Crippen LogP contribution in [0.25, 0.3) is 0 Å². The molecule has 0 aliphatic heterocycles. The molecule has 0 fully saturated rings. The van der Waals surface area contributed by atoms with E-state index in [1.165, 1.54) is 5.56 Å². The summed E-state index contributed by atoms with van der Waals surface area (Å²) in [4.78, 5) is 0. The van der Waals surface area contributed by atoms with Crippen molar-refractivity contribution in [3.8, 4) is 11.5 Å². The summed E-state index contributed by atoms with van der Waals surface area (Å²) in [5.41, 5.74) is 2.93. The van der Waals surface area contributed by atoms with Crippen LogP contribution in [0.4, 0.5) is 0 Å². The number of benzene rings is 2. The van der Waals surface area contributed by atoms with Crippen LogP contribution in [0.2, 0.25) is 0 Å². The molecule has 3 nitrogen and oxygen atoms in total. The van der Waals surface area contributed by atoms with Crippen molar-refractivity contribution in [3.05, 3.63) is 59.2 Å². The molecule has 0 aliphatic rings. The summed E-state index contributed by atoms with van der Waals surface area (Å²) in [6.07, 6.45) is 1.98. The van der Waals surface area contributed by atoms with Gasteiger partial charge in [0.15, 0.2) is 0 Å². The summed E-state index contributed by atoms with van der Waals surface area (Å²) < 4.78 is 0. The van der Waals surface area contributed by atoms with Crippen LogP contribution < -0.4 is 0 Å². The molecule has 22 heavy (non-hydrogen) atoms. The van der Waals surface area contributed by atoms with E-state index in [0.717, 1.165) is 18.4 Å². The van der Waals surface area contributed by atoms with Gasteiger partial charge >= 0.3 is 0 Å². The molecule has 0 aliphatic carbocycles. The lowest BCUT2D eigenvalue weighted by Crippen LogP contribution is -2.04. The maximum atomic E-state index is 9.69. The number of aliphatic hydroxyl groups excluding tert-OH is 1. The topological polar surface area (TPSA) is 60.7 Å². The molecule has 3 heteroatoms. The van der Waals surface area contributed by atoms with Gasteiger partial charge < -0.3 is 15.3 Å². The highest BCUT2D eigenvalue weighted by atomic mass is 16.3. The third-order valence-electron chi connectivity index (χ3n) is 4.34. The van der Waals surface area contributed by atoms with Gasteiger partial charge in [-0.3, -0.25) is 0 Å². The second-order valence-electron chi connectivity index (χ2n) is 5.88. The third kappa shape index (κ3) is 3.80. The molecule has 2 atom stereocenters. The van der Waals surface area contributed by atoms with Crippen molar-refractivity contribution in [1.82, 2.24) is 0 Å². The van der Waals surface area contributed by atoms with Crippen LogP contribution in [0.5, 0.6) is 11.5 Å². The van der Waals surface area contributed by atoms with Gasteiger partial charge in [0.1, 0.15) is 11.5 Å². The molecule has 0 radical (unpaired) electrons. The molecule has 2 unspecified atom stereocenters. The summed E-state index contributed by atoms with van der Waals surface area (Å²) >= 11 is 0. The first-order valence-electron chi connectivity index (χ1n) is 7.76. The average molecular weight is 300 g/mol. The van der Waals surface area contributed by atoms with E-state index in [1.807, 2.05) is 24.3 Å². The zero-order valence-corrected chi connectivity index (χ0v) is 13.2. The van der Waals surface area contributed by atoms with E-state index >= 15 is 0 Å². The Morgan fingerprint density at radius 3 is 2.18 bits per heavy atom. The van der Waals surface area contributed by atoms with E-state index in [2.05, 4.69) is 13.8 Å². The lowest BCUT2D eigenvalue weighted by molar-refractivity contribution is 0.275. The Bertz CT molecular complexity index is 605. The van der Waals surface area contributed by atoms with Crippen LogP contribution in [0.1, 0.15) is 55.2 Å². The fraction of sp³-hybridized carbons (Fsp3) is 0.368. The smallest absolute Gasteiger partial charge is 0.121 e. The van der Waals surface area contributed by atoms with Crippen molar-refractivity contribution in [2.45, 2.75) is 45.1 Å². The Morgan fingerprint density at radius 1 is 0.955 bits per heavy atom. The van der Waals surface area contributed by atoms with Crippen LogP contribution in [-0.4, -0.2) is 15.3 Å². The van der Waals surface area contributed by atoms with Crippen LogP contribution in [0.15, 0.2) is 42.5 Å². The van der Waals surface area contributed by atoms with E-state index in [0.29, 0.717) is 17.4 Å². The Morgan fingerprint density at radius 2 is 1.59 bits per heavy atom. The van der Waals surface area contributed by atoms with Crippen molar-refractivity contribution in [2.24, 2.45) is 0 Å². The van der Waals surface area contributed by atoms with Crippen LogP contribution >= 0.6 is 0 Å². The summed E-state index contributed by atoms with van der Waals surface area (Å²) in [6.45, 7) is 4.19. The molecule has 0 saturated carbocycles. The molecule has 2 aromatic rings. The highest BCUT2D eigenvalue weighted by Crippen LogP contribution is 2.34. The van der Waals surface area contributed by atoms with Crippen LogP contribution in [0.3, 0.4) is 0 Å². The van der Waals surface area contributed by atoms with Gasteiger partial charge in [0.05, 0.1) is 6.61 Å². The quantitative estimate of drug-likeness (QED) is 0.746. The molecule has 0 saturated heterocycles. The molecule has 2 rings (SSSR count). The van der Waals surface area contributed by atoms with E-state index in [-0.39, 0.29) is 18.1 Å². The molecule has 0 heterocycles. The van der Waals surface area contributed by atoms with Gasteiger partial charge in [0.25, 0.3) is 0 Å². The van der Waals surface area contributed by atoms with Gasteiger partial charge in [-0.2, -0.15) is 0 Å². The average Bonchev–Trinajstić information content (AvgIpc) is 2.53. The first kappa shape index (κ1) is 16.4. The minimum Gasteiger partial charge on any atom is -0.508 e. The molecule has 0 amide bonds. The van der Waals surface area contributed by atoms with Crippen molar-refractivity contribution < 1.29 is 15.3 Å². The second kappa shape index (κ2) is 7.32. The molecule has 2 aromatic carbocycles. The van der Waals surface area contributed by atoms with Gasteiger partial charge in [0.2, 0.25) is 0 Å². The van der Waals surface area contributed by atoms with E-state index in [1.54, 1.807) is 18.2 Å². The monoisotopic (exact) mass is 300 g/mol. The molecular formula is C19H24O3. The van der Waals surface area contributed by atoms with Gasteiger partial charge in [0, 0.05) is 5.56 Å². The van der Waals surface area contributed by atoms with Crippen molar-refractivity contribution >= 4 is 0 Å². The molecule has 0 bridgehead atoms. The van der Waals surface area contributed by atoms with Crippen LogP contribution in [-0.2, 0) is 6.61 Å². The van der Waals surface area contributed by atoms with E-state index < -0.39 is 0 Å². The minimum atomic E-state index is -0.149. The number of phenolic OH excluding ortho intramolecular Hbond substituents is 1. The molecule has 0 aromatic heterocycles. The maximum Gasteiger partial charge on any atom is 0.121 e. The molecule has 0 spiro atoms. The SMILES string of the molecule is CCC(CC(C)c1ccc(O)cc1)c1ccc(O)c(CO)c1. The van der Waals surface area contributed by atoms with Crippen molar-refractivity contribution in [3.63, 3.8) is 0 Å². The molecule has 118 valence electrons. The molecule has 3 N–H and O–H groups in total. The Hall–Kier alpha value is -2.00. The number of hydrogen-bond donors (Lipinski definition) is 3. The normalized spacial score (nSPS) is 13.8. The number of aliphatic hydroxyl groups is 1. The predicted molar refractivity (Wildman–Crippen MR) is 88.2 cm³/mol. The standard InChI is InChI=1S/C19H24O3/c1-3-14(16-6-9-19(22)17(11-16)12-20)10-13(2)15-4-7-18(21)8-5-15/h4-9,11,13-14,20-22H,3,10,12H2,1-2H3. The minimum absolute atomic E-state index is 0.146. The number of aromatic hydroxyl groups is 2. The Labute approximate surface area is 131 Å². The lowest BCUT2D eigenvalue weighted by atomic mass is 9.84. The molecular weight excluding hydrogens is 276 g/mol. The Balaban J connectivity index is 2.16. The fourth-order valence-corrected chi connectivity index (χ4v) is 2.89.